The van der Waals surface area contributed by atoms with E-state index in [9.17, 15) is 4.79 Å². The first-order chi connectivity index (χ1) is 13.5. The zero-order valence-corrected chi connectivity index (χ0v) is 17.5. The average Bonchev–Trinajstić information content (AvgIpc) is 2.72. The standard InChI is InChI=1S/C23H18BrClO3/c1-27-23-14-16(4-12-21(26)18-6-10-20(25)11-7-18)5-13-22(23)28-15-17-2-8-19(24)9-3-17/h2-14H,15H2,1H3/b12-4+. The van der Waals surface area contributed by atoms with E-state index in [0.717, 1.165) is 15.6 Å². The van der Waals surface area contributed by atoms with Gasteiger partial charge in [-0.25, -0.2) is 0 Å². The number of hydrogen-bond acceptors (Lipinski definition) is 3. The van der Waals surface area contributed by atoms with Gasteiger partial charge < -0.3 is 9.47 Å². The highest BCUT2D eigenvalue weighted by atomic mass is 79.9. The summed E-state index contributed by atoms with van der Waals surface area (Å²) >= 11 is 9.27. The second-order valence-electron chi connectivity index (χ2n) is 6.03. The maximum Gasteiger partial charge on any atom is 0.185 e. The Morgan fingerprint density at radius 2 is 1.71 bits per heavy atom. The smallest absolute Gasteiger partial charge is 0.185 e. The summed E-state index contributed by atoms with van der Waals surface area (Å²) in [5, 5.41) is 0.601. The van der Waals surface area contributed by atoms with E-state index in [1.54, 1.807) is 37.5 Å². The number of methoxy groups -OCH3 is 1. The molecule has 28 heavy (non-hydrogen) atoms. The first-order valence-electron chi connectivity index (χ1n) is 8.58. The summed E-state index contributed by atoms with van der Waals surface area (Å²) in [7, 11) is 1.59. The summed E-state index contributed by atoms with van der Waals surface area (Å²) in [6.07, 6.45) is 3.28. The van der Waals surface area contributed by atoms with E-state index in [1.165, 1.54) is 6.08 Å². The Bertz CT molecular complexity index is 980. The van der Waals surface area contributed by atoms with Gasteiger partial charge in [-0.2, -0.15) is 0 Å². The molecule has 3 aromatic carbocycles. The second kappa shape index (κ2) is 9.58. The van der Waals surface area contributed by atoms with Gasteiger partial charge in [0.1, 0.15) is 6.61 Å². The quantitative estimate of drug-likeness (QED) is 0.297. The van der Waals surface area contributed by atoms with Crippen LogP contribution in [0.2, 0.25) is 5.02 Å². The van der Waals surface area contributed by atoms with Gasteiger partial charge in [0.2, 0.25) is 0 Å². The van der Waals surface area contributed by atoms with Gasteiger partial charge in [0, 0.05) is 15.1 Å². The van der Waals surface area contributed by atoms with Crippen molar-refractivity contribution in [3.63, 3.8) is 0 Å². The minimum atomic E-state index is -0.0915. The van der Waals surface area contributed by atoms with Crippen LogP contribution in [-0.4, -0.2) is 12.9 Å². The lowest BCUT2D eigenvalue weighted by atomic mass is 10.1. The van der Waals surface area contributed by atoms with Crippen LogP contribution in [0.15, 0.2) is 77.3 Å². The highest BCUT2D eigenvalue weighted by Crippen LogP contribution is 2.29. The van der Waals surface area contributed by atoms with Crippen molar-refractivity contribution in [3.8, 4) is 11.5 Å². The van der Waals surface area contributed by atoms with Crippen LogP contribution in [0, 0.1) is 0 Å². The van der Waals surface area contributed by atoms with Crippen LogP contribution in [0.3, 0.4) is 0 Å². The minimum absolute atomic E-state index is 0.0915. The zero-order valence-electron chi connectivity index (χ0n) is 15.2. The van der Waals surface area contributed by atoms with Crippen molar-refractivity contribution < 1.29 is 14.3 Å². The summed E-state index contributed by atoms with van der Waals surface area (Å²) in [6, 6.07) is 20.3. The van der Waals surface area contributed by atoms with Crippen molar-refractivity contribution >= 4 is 39.4 Å². The van der Waals surface area contributed by atoms with E-state index < -0.39 is 0 Å². The lowest BCUT2D eigenvalue weighted by Gasteiger charge is -2.11. The van der Waals surface area contributed by atoms with Crippen LogP contribution >= 0.6 is 27.5 Å². The molecule has 3 aromatic rings. The number of ketones is 1. The summed E-state index contributed by atoms with van der Waals surface area (Å²) in [4.78, 5) is 12.2. The predicted octanol–water partition coefficient (Wildman–Crippen LogP) is 6.59. The molecule has 0 unspecified atom stereocenters. The molecular formula is C23H18BrClO3. The fourth-order valence-electron chi connectivity index (χ4n) is 2.53. The van der Waals surface area contributed by atoms with Crippen LogP contribution in [0.25, 0.3) is 6.08 Å². The fourth-order valence-corrected chi connectivity index (χ4v) is 2.92. The van der Waals surface area contributed by atoms with Gasteiger partial charge in [0.05, 0.1) is 7.11 Å². The molecule has 0 heterocycles. The number of allylic oxidation sites excluding steroid dienone is 1. The Labute approximate surface area is 177 Å². The minimum Gasteiger partial charge on any atom is -0.493 e. The SMILES string of the molecule is COc1cc(/C=C/C(=O)c2ccc(Cl)cc2)ccc1OCc1ccc(Br)cc1. The van der Waals surface area contributed by atoms with E-state index in [0.29, 0.717) is 28.7 Å². The monoisotopic (exact) mass is 456 g/mol. The summed E-state index contributed by atoms with van der Waals surface area (Å²) < 4.78 is 12.3. The molecule has 0 aliphatic rings. The molecule has 0 fully saturated rings. The molecule has 3 rings (SSSR count). The lowest BCUT2D eigenvalue weighted by Crippen LogP contribution is -1.98. The van der Waals surface area contributed by atoms with E-state index in [1.807, 2.05) is 42.5 Å². The molecule has 0 aliphatic heterocycles. The van der Waals surface area contributed by atoms with Gasteiger partial charge in [0.15, 0.2) is 17.3 Å². The number of halogens is 2. The normalized spacial score (nSPS) is 10.8. The van der Waals surface area contributed by atoms with E-state index >= 15 is 0 Å². The highest BCUT2D eigenvalue weighted by Gasteiger charge is 2.06. The van der Waals surface area contributed by atoms with Crippen LogP contribution < -0.4 is 9.47 Å². The molecule has 0 atom stereocenters. The molecule has 0 aromatic heterocycles. The molecule has 0 saturated carbocycles. The predicted molar refractivity (Wildman–Crippen MR) is 116 cm³/mol. The van der Waals surface area contributed by atoms with E-state index in [2.05, 4.69) is 15.9 Å². The third kappa shape index (κ3) is 5.47. The largest absolute Gasteiger partial charge is 0.493 e. The van der Waals surface area contributed by atoms with Crippen LogP contribution in [-0.2, 0) is 6.61 Å². The van der Waals surface area contributed by atoms with E-state index in [4.69, 9.17) is 21.1 Å². The number of rotatable bonds is 7. The molecule has 5 heteroatoms. The van der Waals surface area contributed by atoms with Gasteiger partial charge in [-0.15, -0.1) is 0 Å². The zero-order chi connectivity index (χ0) is 19.9. The molecule has 0 spiro atoms. The second-order valence-corrected chi connectivity index (χ2v) is 7.38. The Morgan fingerprint density at radius 3 is 2.39 bits per heavy atom. The molecule has 0 bridgehead atoms. The number of benzene rings is 3. The molecule has 0 N–H and O–H groups in total. The van der Waals surface area contributed by atoms with Crippen molar-refractivity contribution in [3.05, 3.63) is 99.0 Å². The Hall–Kier alpha value is -2.56. The molecule has 0 radical (unpaired) electrons. The number of ether oxygens (including phenoxy) is 2. The molecule has 0 aliphatic carbocycles. The summed E-state index contributed by atoms with van der Waals surface area (Å²) in [5.41, 5.74) is 2.49. The Kier molecular flexibility index (Phi) is 6.90. The van der Waals surface area contributed by atoms with Crippen LogP contribution in [0.4, 0.5) is 0 Å². The summed E-state index contributed by atoms with van der Waals surface area (Å²) in [5.74, 6) is 1.16. The van der Waals surface area contributed by atoms with Gasteiger partial charge in [-0.1, -0.05) is 51.8 Å². The molecule has 0 saturated heterocycles. The van der Waals surface area contributed by atoms with Crippen LogP contribution in [0.1, 0.15) is 21.5 Å². The van der Waals surface area contributed by atoms with Crippen molar-refractivity contribution in [2.75, 3.05) is 7.11 Å². The maximum absolute atomic E-state index is 12.2. The van der Waals surface area contributed by atoms with Crippen molar-refractivity contribution in [2.45, 2.75) is 6.61 Å². The Morgan fingerprint density at radius 1 is 1.00 bits per heavy atom. The van der Waals surface area contributed by atoms with Crippen molar-refractivity contribution in [1.29, 1.82) is 0 Å². The third-order valence-electron chi connectivity index (χ3n) is 4.05. The first kappa shape index (κ1) is 20.2. The third-order valence-corrected chi connectivity index (χ3v) is 4.83. The number of carbonyl (C=O) groups is 1. The fraction of sp³-hybridized carbons (Fsp3) is 0.0870. The number of hydrogen-bond donors (Lipinski definition) is 0. The number of carbonyl (C=O) groups excluding carboxylic acids is 1. The topological polar surface area (TPSA) is 35.5 Å². The lowest BCUT2D eigenvalue weighted by molar-refractivity contribution is 0.104. The molecule has 3 nitrogen and oxygen atoms in total. The van der Waals surface area contributed by atoms with Crippen molar-refractivity contribution in [1.82, 2.24) is 0 Å². The van der Waals surface area contributed by atoms with E-state index in [-0.39, 0.29) is 5.78 Å². The first-order valence-corrected chi connectivity index (χ1v) is 9.75. The highest BCUT2D eigenvalue weighted by molar-refractivity contribution is 9.10. The van der Waals surface area contributed by atoms with Gasteiger partial charge >= 0.3 is 0 Å². The Balaban J connectivity index is 1.68. The van der Waals surface area contributed by atoms with Gasteiger partial charge in [0.25, 0.3) is 0 Å². The molecular weight excluding hydrogens is 440 g/mol. The van der Waals surface area contributed by atoms with Crippen molar-refractivity contribution in [2.24, 2.45) is 0 Å². The molecule has 0 amide bonds. The molecule has 142 valence electrons. The van der Waals surface area contributed by atoms with Gasteiger partial charge in [-0.3, -0.25) is 4.79 Å². The summed E-state index contributed by atoms with van der Waals surface area (Å²) in [6.45, 7) is 0.438. The maximum atomic E-state index is 12.2. The average molecular weight is 458 g/mol. The van der Waals surface area contributed by atoms with Gasteiger partial charge in [-0.05, 0) is 65.7 Å². The van der Waals surface area contributed by atoms with Crippen LogP contribution in [0.5, 0.6) is 11.5 Å².